The van der Waals surface area contributed by atoms with Crippen LogP contribution in [-0.4, -0.2) is 51.0 Å². The highest BCUT2D eigenvalue weighted by Crippen LogP contribution is 2.28. The topological polar surface area (TPSA) is 86.8 Å². The maximum atomic E-state index is 13.4. The highest BCUT2D eigenvalue weighted by molar-refractivity contribution is 7.92. The second kappa shape index (κ2) is 11.2. The molecule has 11 heteroatoms. The van der Waals surface area contributed by atoms with E-state index in [1.54, 1.807) is 31.2 Å². The molecule has 0 aliphatic heterocycles. The number of carbonyl (C=O) groups is 2. The van der Waals surface area contributed by atoms with Crippen LogP contribution in [0.4, 0.5) is 5.69 Å². The quantitative estimate of drug-likeness (QED) is 0.542. The fourth-order valence-corrected chi connectivity index (χ4v) is 4.74. The SMILES string of the molecule is CC[C@H](C(=O)NC)N(Cc1ccccc1Cl)C(=O)CN(c1cc(Cl)cc(Cl)c1)S(C)(=O)=O. The van der Waals surface area contributed by atoms with Crippen molar-refractivity contribution in [1.29, 1.82) is 0 Å². The minimum atomic E-state index is -3.88. The summed E-state index contributed by atoms with van der Waals surface area (Å²) in [6, 6.07) is 10.4. The maximum absolute atomic E-state index is 13.4. The molecule has 0 saturated carbocycles. The number of hydrogen-bond donors (Lipinski definition) is 1. The van der Waals surface area contributed by atoms with Crippen molar-refractivity contribution < 1.29 is 18.0 Å². The van der Waals surface area contributed by atoms with E-state index >= 15 is 0 Å². The van der Waals surface area contributed by atoms with Crippen molar-refractivity contribution in [1.82, 2.24) is 10.2 Å². The molecule has 0 saturated heterocycles. The van der Waals surface area contributed by atoms with Gasteiger partial charge < -0.3 is 10.2 Å². The molecule has 0 aromatic heterocycles. The lowest BCUT2D eigenvalue weighted by Gasteiger charge is -2.32. The zero-order chi connectivity index (χ0) is 24.1. The van der Waals surface area contributed by atoms with Crippen LogP contribution in [-0.2, 0) is 26.2 Å². The van der Waals surface area contributed by atoms with Gasteiger partial charge in [-0.3, -0.25) is 13.9 Å². The second-order valence-electron chi connectivity index (χ2n) is 7.05. The summed E-state index contributed by atoms with van der Waals surface area (Å²) in [6.45, 7) is 1.24. The van der Waals surface area contributed by atoms with E-state index in [2.05, 4.69) is 5.32 Å². The van der Waals surface area contributed by atoms with Gasteiger partial charge in [0.2, 0.25) is 21.8 Å². The molecule has 2 rings (SSSR count). The van der Waals surface area contributed by atoms with Gasteiger partial charge in [0.15, 0.2) is 0 Å². The van der Waals surface area contributed by atoms with Crippen molar-refractivity contribution in [3.8, 4) is 0 Å². The van der Waals surface area contributed by atoms with E-state index in [0.29, 0.717) is 17.0 Å². The standard InChI is InChI=1S/C21H24Cl3N3O4S/c1-4-19(21(29)25-2)26(12-14-7-5-6-8-18(14)24)20(28)13-27(32(3,30)31)17-10-15(22)9-16(23)11-17/h5-11,19H,4,12-13H2,1-3H3,(H,25,29)/t19-/m1/s1. The van der Waals surface area contributed by atoms with Crippen molar-refractivity contribution >= 4 is 62.3 Å². The summed E-state index contributed by atoms with van der Waals surface area (Å²) < 4.78 is 26.0. The van der Waals surface area contributed by atoms with E-state index in [1.165, 1.54) is 30.1 Å². The Morgan fingerprint density at radius 2 is 1.66 bits per heavy atom. The smallest absolute Gasteiger partial charge is 0.244 e. The average molecular weight is 521 g/mol. The van der Waals surface area contributed by atoms with Gasteiger partial charge in [-0.15, -0.1) is 0 Å². The number of benzene rings is 2. The molecule has 32 heavy (non-hydrogen) atoms. The lowest BCUT2D eigenvalue weighted by molar-refractivity contribution is -0.140. The first-order valence-corrected chi connectivity index (χ1v) is 12.6. The van der Waals surface area contributed by atoms with Gasteiger partial charge >= 0.3 is 0 Å². The van der Waals surface area contributed by atoms with Crippen molar-refractivity contribution in [2.75, 3.05) is 24.2 Å². The van der Waals surface area contributed by atoms with Crippen molar-refractivity contribution in [2.24, 2.45) is 0 Å². The predicted molar refractivity (Wildman–Crippen MR) is 129 cm³/mol. The van der Waals surface area contributed by atoms with Crippen molar-refractivity contribution in [2.45, 2.75) is 25.9 Å². The highest BCUT2D eigenvalue weighted by Gasteiger charge is 2.31. The van der Waals surface area contributed by atoms with E-state index in [0.717, 1.165) is 10.6 Å². The summed E-state index contributed by atoms with van der Waals surface area (Å²) in [5, 5.41) is 3.42. The highest BCUT2D eigenvalue weighted by atomic mass is 35.5. The van der Waals surface area contributed by atoms with Crippen LogP contribution >= 0.6 is 34.8 Å². The molecule has 0 fully saturated rings. The molecule has 2 amide bonds. The Labute approximate surface area is 203 Å². The van der Waals surface area contributed by atoms with Gasteiger partial charge in [0.25, 0.3) is 0 Å². The molecule has 2 aromatic carbocycles. The third-order valence-electron chi connectivity index (χ3n) is 4.75. The molecule has 0 aliphatic carbocycles. The summed E-state index contributed by atoms with van der Waals surface area (Å²) in [5.74, 6) is -0.952. The number of hydrogen-bond acceptors (Lipinski definition) is 4. The van der Waals surface area contributed by atoms with Crippen LogP contribution < -0.4 is 9.62 Å². The lowest BCUT2D eigenvalue weighted by Crippen LogP contribution is -2.51. The first kappa shape index (κ1) is 26.3. The van der Waals surface area contributed by atoms with E-state index < -0.39 is 28.5 Å². The molecule has 0 heterocycles. The van der Waals surface area contributed by atoms with Gasteiger partial charge in [0, 0.05) is 28.7 Å². The van der Waals surface area contributed by atoms with Crippen LogP contribution in [0.1, 0.15) is 18.9 Å². The summed E-state index contributed by atoms with van der Waals surface area (Å²) in [5.41, 5.74) is 0.769. The largest absolute Gasteiger partial charge is 0.357 e. The fraction of sp³-hybridized carbons (Fsp3) is 0.333. The van der Waals surface area contributed by atoms with Crippen LogP contribution in [0.3, 0.4) is 0 Å². The molecule has 1 atom stereocenters. The first-order chi connectivity index (χ1) is 15.0. The summed E-state index contributed by atoms with van der Waals surface area (Å²) in [4.78, 5) is 27.2. The lowest BCUT2D eigenvalue weighted by atomic mass is 10.1. The average Bonchev–Trinajstić information content (AvgIpc) is 2.71. The number of nitrogens with one attached hydrogen (secondary N) is 1. The van der Waals surface area contributed by atoms with Crippen molar-refractivity contribution in [3.05, 3.63) is 63.1 Å². The molecular formula is C21H24Cl3N3O4S. The third kappa shape index (κ3) is 6.75. The minimum absolute atomic E-state index is 0.0261. The molecule has 0 bridgehead atoms. The Hall–Kier alpha value is -2.00. The molecule has 7 nitrogen and oxygen atoms in total. The Balaban J connectivity index is 2.48. The summed E-state index contributed by atoms with van der Waals surface area (Å²) in [6.07, 6.45) is 1.29. The Morgan fingerprint density at radius 3 is 2.16 bits per heavy atom. The van der Waals surface area contributed by atoms with Crippen molar-refractivity contribution in [3.63, 3.8) is 0 Å². The number of sulfonamides is 1. The zero-order valence-corrected chi connectivity index (χ0v) is 20.9. The maximum Gasteiger partial charge on any atom is 0.244 e. The molecule has 174 valence electrons. The first-order valence-electron chi connectivity index (χ1n) is 9.66. The molecule has 2 aromatic rings. The number of likely N-dealkylation sites (N-methyl/N-ethyl adjacent to an activating group) is 1. The van der Waals surface area contributed by atoms with E-state index in [9.17, 15) is 18.0 Å². The van der Waals surface area contributed by atoms with Gasteiger partial charge in [-0.25, -0.2) is 8.42 Å². The molecule has 0 spiro atoms. The number of halogens is 3. The Kier molecular flexibility index (Phi) is 9.21. The van der Waals surface area contributed by atoms with Gasteiger partial charge in [-0.05, 0) is 36.2 Å². The van der Waals surface area contributed by atoms with Gasteiger partial charge in [0.05, 0.1) is 11.9 Å². The molecular weight excluding hydrogens is 497 g/mol. The van der Waals surface area contributed by atoms with Gasteiger partial charge in [-0.2, -0.15) is 0 Å². The minimum Gasteiger partial charge on any atom is -0.357 e. The summed E-state index contributed by atoms with van der Waals surface area (Å²) in [7, 11) is -2.41. The Morgan fingerprint density at radius 1 is 1.06 bits per heavy atom. The zero-order valence-electron chi connectivity index (χ0n) is 17.8. The molecule has 0 unspecified atom stereocenters. The van der Waals surface area contributed by atoms with Crippen LogP contribution in [0.25, 0.3) is 0 Å². The molecule has 1 N–H and O–H groups in total. The van der Waals surface area contributed by atoms with E-state index in [-0.39, 0.29) is 28.2 Å². The number of nitrogens with zero attached hydrogens (tertiary/aromatic N) is 2. The second-order valence-corrected chi connectivity index (χ2v) is 10.2. The van der Waals surface area contributed by atoms with Crippen LogP contribution in [0.5, 0.6) is 0 Å². The van der Waals surface area contributed by atoms with E-state index in [4.69, 9.17) is 34.8 Å². The van der Waals surface area contributed by atoms with Gasteiger partial charge in [0.1, 0.15) is 12.6 Å². The summed E-state index contributed by atoms with van der Waals surface area (Å²) >= 11 is 18.3. The van der Waals surface area contributed by atoms with Crippen LogP contribution in [0.15, 0.2) is 42.5 Å². The normalized spacial score (nSPS) is 12.2. The van der Waals surface area contributed by atoms with Gasteiger partial charge in [-0.1, -0.05) is 59.9 Å². The monoisotopic (exact) mass is 519 g/mol. The number of rotatable bonds is 9. The molecule has 0 aliphatic rings. The third-order valence-corrected chi connectivity index (χ3v) is 6.69. The van der Waals surface area contributed by atoms with E-state index in [1.807, 2.05) is 0 Å². The number of anilines is 1. The van der Waals surface area contributed by atoms with Crippen LogP contribution in [0, 0.1) is 0 Å². The Bertz CT molecular complexity index is 1080. The fourth-order valence-electron chi connectivity index (χ4n) is 3.19. The molecule has 0 radical (unpaired) electrons. The number of amides is 2. The number of carbonyl (C=O) groups excluding carboxylic acids is 2. The predicted octanol–water partition coefficient (Wildman–Crippen LogP) is 3.97. The van der Waals surface area contributed by atoms with Crippen LogP contribution in [0.2, 0.25) is 15.1 Å².